The Kier molecular flexibility index (Phi) is 3.61. The van der Waals surface area contributed by atoms with Gasteiger partial charge in [0.25, 0.3) is 0 Å². The summed E-state index contributed by atoms with van der Waals surface area (Å²) in [7, 11) is 1.40. The van der Waals surface area contributed by atoms with E-state index in [9.17, 15) is 9.59 Å². The van der Waals surface area contributed by atoms with Crippen LogP contribution in [0, 0.1) is 0 Å². The smallest absolute Gasteiger partial charge is 0.221 e. The molecule has 0 radical (unpaired) electrons. The zero-order valence-corrected chi connectivity index (χ0v) is 9.11. The molecule has 0 heterocycles. The molecule has 0 atom stereocenters. The van der Waals surface area contributed by atoms with Gasteiger partial charge in [0.1, 0.15) is 0 Å². The normalized spacial score (nSPS) is 10.1. The first-order chi connectivity index (χ1) is 7.11. The average molecular weight is 206 g/mol. The van der Waals surface area contributed by atoms with E-state index in [1.807, 2.05) is 13.8 Å². The Bertz CT molecular complexity index is 422. The van der Waals surface area contributed by atoms with Crippen molar-refractivity contribution < 1.29 is 9.53 Å². The molecule has 1 rings (SSSR count). The van der Waals surface area contributed by atoms with Gasteiger partial charge in [-0.15, -0.1) is 0 Å². The third-order valence-electron chi connectivity index (χ3n) is 2.25. The molecule has 0 aliphatic carbocycles. The second-order valence-electron chi connectivity index (χ2n) is 3.56. The number of carbonyl (C=O) groups excluding carboxylic acids is 1. The maximum atomic E-state index is 11.5. The highest BCUT2D eigenvalue weighted by Gasteiger charge is 2.12. The molecule has 0 N–H and O–H groups in total. The van der Waals surface area contributed by atoms with Crippen LogP contribution in [0.5, 0.6) is 5.75 Å². The molecule has 1 aromatic carbocycles. The molecular formula is C12H14O3. The van der Waals surface area contributed by atoms with Crippen molar-refractivity contribution in [2.24, 2.45) is 0 Å². The van der Waals surface area contributed by atoms with Crippen LogP contribution < -0.4 is 10.2 Å². The zero-order valence-electron chi connectivity index (χ0n) is 9.11. The summed E-state index contributed by atoms with van der Waals surface area (Å²) in [6.45, 7) is 3.93. The lowest BCUT2D eigenvalue weighted by Gasteiger charge is -2.07. The zero-order chi connectivity index (χ0) is 11.4. The molecular weight excluding hydrogens is 192 g/mol. The molecule has 0 unspecified atom stereocenters. The molecule has 0 saturated heterocycles. The molecule has 3 nitrogen and oxygen atoms in total. The lowest BCUT2D eigenvalue weighted by molar-refractivity contribution is 0.111. The summed E-state index contributed by atoms with van der Waals surface area (Å²) in [6.07, 6.45) is 0.676. The number of hydrogen-bond acceptors (Lipinski definition) is 3. The lowest BCUT2D eigenvalue weighted by Crippen LogP contribution is -2.05. The van der Waals surface area contributed by atoms with E-state index in [4.69, 9.17) is 4.74 Å². The van der Waals surface area contributed by atoms with Gasteiger partial charge in [-0.2, -0.15) is 0 Å². The maximum Gasteiger partial charge on any atom is 0.221 e. The van der Waals surface area contributed by atoms with Crippen molar-refractivity contribution in [2.45, 2.75) is 19.8 Å². The molecule has 3 heteroatoms. The van der Waals surface area contributed by atoms with Crippen molar-refractivity contribution in [3.63, 3.8) is 0 Å². The van der Waals surface area contributed by atoms with Gasteiger partial charge >= 0.3 is 0 Å². The Balaban J connectivity index is 3.64. The van der Waals surface area contributed by atoms with Crippen LogP contribution in [0.25, 0.3) is 0 Å². The fourth-order valence-corrected chi connectivity index (χ4v) is 1.50. The molecule has 80 valence electrons. The van der Waals surface area contributed by atoms with Gasteiger partial charge in [0.15, 0.2) is 12.0 Å². The van der Waals surface area contributed by atoms with Crippen LogP contribution >= 0.6 is 0 Å². The molecule has 0 aliphatic rings. The molecule has 0 amide bonds. The highest BCUT2D eigenvalue weighted by molar-refractivity contribution is 5.81. The molecule has 0 aliphatic heterocycles. The van der Waals surface area contributed by atoms with Gasteiger partial charge in [-0.05, 0) is 17.5 Å². The van der Waals surface area contributed by atoms with Gasteiger partial charge in [-0.25, -0.2) is 0 Å². The van der Waals surface area contributed by atoms with Crippen molar-refractivity contribution >= 4 is 6.29 Å². The second-order valence-corrected chi connectivity index (χ2v) is 3.56. The standard InChI is InChI=1S/C12H14O3/c1-8(2)9-5-4-6-11(14)12(15-3)10(9)7-13/h4-8H,1-3H3. The van der Waals surface area contributed by atoms with E-state index >= 15 is 0 Å². The van der Waals surface area contributed by atoms with E-state index in [1.165, 1.54) is 13.2 Å². The van der Waals surface area contributed by atoms with Crippen LogP contribution in [-0.2, 0) is 0 Å². The first kappa shape index (κ1) is 11.4. The second kappa shape index (κ2) is 4.73. The molecule has 0 fully saturated rings. The van der Waals surface area contributed by atoms with Crippen molar-refractivity contribution in [1.29, 1.82) is 0 Å². The number of carbonyl (C=O) groups is 1. The fraction of sp³-hybridized carbons (Fsp3) is 0.333. The minimum absolute atomic E-state index is 0.124. The van der Waals surface area contributed by atoms with Gasteiger partial charge in [0.2, 0.25) is 5.43 Å². The van der Waals surface area contributed by atoms with Gasteiger partial charge in [0.05, 0.1) is 12.7 Å². The van der Waals surface area contributed by atoms with Gasteiger partial charge in [-0.3, -0.25) is 9.59 Å². The largest absolute Gasteiger partial charge is 0.492 e. The fourth-order valence-electron chi connectivity index (χ4n) is 1.50. The lowest BCUT2D eigenvalue weighted by atomic mass is 10.00. The van der Waals surface area contributed by atoms with Crippen LogP contribution in [0.4, 0.5) is 0 Å². The van der Waals surface area contributed by atoms with Gasteiger partial charge in [-0.1, -0.05) is 26.0 Å². The summed E-state index contributed by atoms with van der Waals surface area (Å²) in [4.78, 5) is 22.5. The van der Waals surface area contributed by atoms with Gasteiger partial charge in [0, 0.05) is 0 Å². The number of ether oxygens (including phenoxy) is 1. The Morgan fingerprint density at radius 3 is 2.47 bits per heavy atom. The Hall–Kier alpha value is -1.64. The number of hydrogen-bond donors (Lipinski definition) is 0. The summed E-state index contributed by atoms with van der Waals surface area (Å²) in [6, 6.07) is 4.82. The highest BCUT2D eigenvalue weighted by Crippen LogP contribution is 2.22. The first-order valence-electron chi connectivity index (χ1n) is 4.78. The Morgan fingerprint density at radius 2 is 2.00 bits per heavy atom. The Labute approximate surface area is 88.7 Å². The van der Waals surface area contributed by atoms with Crippen LogP contribution in [0.3, 0.4) is 0 Å². The SMILES string of the molecule is COc1c(C=O)c(C(C)C)cccc1=O. The highest BCUT2D eigenvalue weighted by atomic mass is 16.5. The summed E-state index contributed by atoms with van der Waals surface area (Å²) in [5, 5.41) is 0. The van der Waals surface area contributed by atoms with Crippen molar-refractivity contribution in [3.8, 4) is 5.75 Å². The summed E-state index contributed by atoms with van der Waals surface area (Å²) in [5.41, 5.74) is 0.901. The minimum atomic E-state index is -0.272. The molecule has 0 saturated carbocycles. The maximum absolute atomic E-state index is 11.5. The summed E-state index contributed by atoms with van der Waals surface area (Å²) >= 11 is 0. The number of methoxy groups -OCH3 is 1. The monoisotopic (exact) mass is 206 g/mol. The van der Waals surface area contributed by atoms with E-state index in [2.05, 4.69) is 0 Å². The van der Waals surface area contributed by atoms with Crippen molar-refractivity contribution in [1.82, 2.24) is 0 Å². The molecule has 0 bridgehead atoms. The molecule has 15 heavy (non-hydrogen) atoms. The third-order valence-corrected chi connectivity index (χ3v) is 2.25. The molecule has 1 aromatic rings. The topological polar surface area (TPSA) is 43.4 Å². The van der Waals surface area contributed by atoms with E-state index < -0.39 is 0 Å². The van der Waals surface area contributed by atoms with Crippen molar-refractivity contribution in [2.75, 3.05) is 7.11 Å². The van der Waals surface area contributed by atoms with E-state index in [1.54, 1.807) is 12.1 Å². The van der Waals surface area contributed by atoms with Gasteiger partial charge < -0.3 is 4.74 Å². The Morgan fingerprint density at radius 1 is 1.33 bits per heavy atom. The number of aldehydes is 1. The average Bonchev–Trinajstić information content (AvgIpc) is 2.36. The summed E-state index contributed by atoms with van der Waals surface area (Å²) in [5.74, 6) is 0.296. The van der Waals surface area contributed by atoms with E-state index in [0.29, 0.717) is 11.8 Å². The third kappa shape index (κ3) is 2.24. The molecule has 0 aromatic heterocycles. The quantitative estimate of drug-likeness (QED) is 0.710. The van der Waals surface area contributed by atoms with Crippen LogP contribution in [-0.4, -0.2) is 13.4 Å². The number of rotatable bonds is 3. The van der Waals surface area contributed by atoms with Crippen LogP contribution in [0.2, 0.25) is 0 Å². The molecule has 0 spiro atoms. The minimum Gasteiger partial charge on any atom is -0.492 e. The van der Waals surface area contributed by atoms with Crippen molar-refractivity contribution in [3.05, 3.63) is 39.5 Å². The van der Waals surface area contributed by atoms with Crippen LogP contribution in [0.15, 0.2) is 23.0 Å². The predicted molar refractivity (Wildman–Crippen MR) is 58.7 cm³/mol. The predicted octanol–water partition coefficient (Wildman–Crippen LogP) is 1.99. The first-order valence-corrected chi connectivity index (χ1v) is 4.78. The van der Waals surface area contributed by atoms with E-state index in [-0.39, 0.29) is 17.1 Å². The summed E-state index contributed by atoms with van der Waals surface area (Å²) < 4.78 is 4.97. The van der Waals surface area contributed by atoms with Crippen LogP contribution in [0.1, 0.15) is 35.7 Å². The van der Waals surface area contributed by atoms with E-state index in [0.717, 1.165) is 5.56 Å².